The lowest BCUT2D eigenvalue weighted by molar-refractivity contribution is 0.0958. The van der Waals surface area contributed by atoms with E-state index in [2.05, 4.69) is 20.3 Å². The molecule has 1 aromatic carbocycles. The molecule has 0 spiro atoms. The van der Waals surface area contributed by atoms with Crippen molar-refractivity contribution in [3.8, 4) is 0 Å². The van der Waals surface area contributed by atoms with Crippen LogP contribution in [0.25, 0.3) is 0 Å². The van der Waals surface area contributed by atoms with Gasteiger partial charge in [-0.15, -0.1) is 0 Å². The van der Waals surface area contributed by atoms with Gasteiger partial charge in [0.1, 0.15) is 5.69 Å². The molecule has 0 saturated carbocycles. The zero-order chi connectivity index (χ0) is 20.3. The number of hydrogen-bond acceptors (Lipinski definition) is 5. The van der Waals surface area contributed by atoms with Crippen LogP contribution in [0.5, 0.6) is 0 Å². The van der Waals surface area contributed by atoms with Gasteiger partial charge in [0, 0.05) is 30.8 Å². The van der Waals surface area contributed by atoms with Crippen molar-refractivity contribution >= 4 is 40.7 Å². The number of carbonyl (C=O) groups excluding carboxylic acids is 3. The van der Waals surface area contributed by atoms with Crippen molar-refractivity contribution in [1.82, 2.24) is 15.0 Å². The average molecular weight is 399 g/mol. The molecule has 0 fully saturated rings. The van der Waals surface area contributed by atoms with Gasteiger partial charge in [0.15, 0.2) is 5.69 Å². The second kappa shape index (κ2) is 7.89. The third-order valence-corrected chi connectivity index (χ3v) is 4.25. The summed E-state index contributed by atoms with van der Waals surface area (Å²) in [4.78, 5) is 47.8. The SMILES string of the molecule is CN(C(=O)c1nc[nH]c1C(N)=O)c1ccc(NC(=O)c2cnccc2Cl)cc1. The maximum absolute atomic E-state index is 12.6. The van der Waals surface area contributed by atoms with Gasteiger partial charge in [-0.2, -0.15) is 0 Å². The highest BCUT2D eigenvalue weighted by molar-refractivity contribution is 6.34. The highest BCUT2D eigenvalue weighted by atomic mass is 35.5. The number of nitrogens with one attached hydrogen (secondary N) is 2. The molecule has 0 atom stereocenters. The first kappa shape index (κ1) is 19.1. The third-order valence-electron chi connectivity index (χ3n) is 3.92. The number of benzene rings is 1. The lowest BCUT2D eigenvalue weighted by atomic mass is 10.2. The average Bonchev–Trinajstić information content (AvgIpc) is 3.18. The number of carbonyl (C=O) groups is 3. The minimum atomic E-state index is -0.777. The van der Waals surface area contributed by atoms with Crippen LogP contribution in [0.15, 0.2) is 49.1 Å². The van der Waals surface area contributed by atoms with Crippen molar-refractivity contribution in [2.45, 2.75) is 0 Å². The molecule has 0 unspecified atom stereocenters. The predicted molar refractivity (Wildman–Crippen MR) is 103 cm³/mol. The van der Waals surface area contributed by atoms with Crippen LogP contribution in [0, 0.1) is 0 Å². The van der Waals surface area contributed by atoms with Gasteiger partial charge in [-0.3, -0.25) is 19.4 Å². The molecule has 3 aromatic rings. The van der Waals surface area contributed by atoms with Crippen LogP contribution in [0.4, 0.5) is 11.4 Å². The topological polar surface area (TPSA) is 134 Å². The van der Waals surface area contributed by atoms with Crippen LogP contribution in [0.2, 0.25) is 5.02 Å². The van der Waals surface area contributed by atoms with E-state index < -0.39 is 17.7 Å². The zero-order valence-electron chi connectivity index (χ0n) is 14.6. The molecule has 0 aliphatic rings. The Morgan fingerprint density at radius 3 is 2.54 bits per heavy atom. The molecular weight excluding hydrogens is 384 g/mol. The van der Waals surface area contributed by atoms with Gasteiger partial charge in [0.05, 0.1) is 16.9 Å². The number of aromatic amines is 1. The zero-order valence-corrected chi connectivity index (χ0v) is 15.4. The monoisotopic (exact) mass is 398 g/mol. The summed E-state index contributed by atoms with van der Waals surface area (Å²) in [7, 11) is 1.53. The van der Waals surface area contributed by atoms with Crippen molar-refractivity contribution in [1.29, 1.82) is 0 Å². The fourth-order valence-corrected chi connectivity index (χ4v) is 2.62. The molecule has 28 heavy (non-hydrogen) atoms. The predicted octanol–water partition coefficient (Wildman–Crippen LogP) is 2.09. The van der Waals surface area contributed by atoms with E-state index in [-0.39, 0.29) is 17.0 Å². The summed E-state index contributed by atoms with van der Waals surface area (Å²) >= 11 is 5.98. The summed E-state index contributed by atoms with van der Waals surface area (Å²) in [5.74, 6) is -1.69. The molecule has 0 bridgehead atoms. The van der Waals surface area contributed by atoms with Crippen molar-refractivity contribution in [3.05, 3.63) is 71.0 Å². The number of nitrogens with zero attached hydrogens (tertiary/aromatic N) is 3. The minimum Gasteiger partial charge on any atom is -0.364 e. The van der Waals surface area contributed by atoms with Crippen molar-refractivity contribution < 1.29 is 14.4 Å². The summed E-state index contributed by atoms with van der Waals surface area (Å²) in [6.07, 6.45) is 4.09. The van der Waals surface area contributed by atoms with Crippen molar-refractivity contribution in [2.24, 2.45) is 5.73 Å². The lowest BCUT2D eigenvalue weighted by Crippen LogP contribution is -2.29. The normalized spacial score (nSPS) is 10.4. The molecule has 0 radical (unpaired) electrons. The Morgan fingerprint density at radius 1 is 1.18 bits per heavy atom. The largest absolute Gasteiger partial charge is 0.364 e. The maximum atomic E-state index is 12.6. The van der Waals surface area contributed by atoms with Crippen LogP contribution in [0.3, 0.4) is 0 Å². The first-order chi connectivity index (χ1) is 13.4. The molecular formula is C18H15ClN6O3. The number of aromatic nitrogens is 3. The third kappa shape index (κ3) is 3.84. The Labute approximate surface area is 164 Å². The van der Waals surface area contributed by atoms with E-state index in [1.54, 1.807) is 24.3 Å². The van der Waals surface area contributed by atoms with Crippen molar-refractivity contribution in [3.63, 3.8) is 0 Å². The lowest BCUT2D eigenvalue weighted by Gasteiger charge is -2.17. The number of pyridine rings is 1. The summed E-state index contributed by atoms with van der Waals surface area (Å²) in [6.45, 7) is 0. The summed E-state index contributed by atoms with van der Waals surface area (Å²) in [6, 6.07) is 8.04. The van der Waals surface area contributed by atoms with Gasteiger partial charge in [-0.05, 0) is 30.3 Å². The van der Waals surface area contributed by atoms with E-state index in [1.807, 2.05) is 0 Å². The standard InChI is InChI=1S/C18H15ClN6O3/c1-25(18(28)15-14(16(20)26)22-9-23-15)11-4-2-10(3-5-11)24-17(27)12-8-21-7-6-13(12)19/h2-9H,1H3,(H2,20,26)(H,22,23)(H,24,27). The number of imidazole rings is 1. The van der Waals surface area contributed by atoms with Gasteiger partial charge in [0.2, 0.25) is 0 Å². The second-order valence-electron chi connectivity index (χ2n) is 5.71. The Morgan fingerprint density at radius 2 is 1.89 bits per heavy atom. The van der Waals surface area contributed by atoms with Crippen LogP contribution in [-0.2, 0) is 0 Å². The number of anilines is 2. The highest BCUT2D eigenvalue weighted by Gasteiger charge is 2.22. The Kier molecular flexibility index (Phi) is 5.37. The molecule has 3 amide bonds. The number of amides is 3. The van der Waals surface area contributed by atoms with Gasteiger partial charge in [-0.1, -0.05) is 11.6 Å². The minimum absolute atomic E-state index is 0.0610. The molecule has 9 nitrogen and oxygen atoms in total. The molecule has 142 valence electrons. The van der Waals surface area contributed by atoms with Crippen molar-refractivity contribution in [2.75, 3.05) is 17.3 Å². The Bertz CT molecular complexity index is 1050. The van der Waals surface area contributed by atoms with Crippen LogP contribution in [0.1, 0.15) is 31.3 Å². The molecule has 0 aliphatic carbocycles. The molecule has 2 aromatic heterocycles. The Hall–Kier alpha value is -3.72. The molecule has 10 heteroatoms. The number of primary amides is 1. The van der Waals surface area contributed by atoms with E-state index in [9.17, 15) is 14.4 Å². The summed E-state index contributed by atoms with van der Waals surface area (Å²) in [5, 5.41) is 2.99. The fourth-order valence-electron chi connectivity index (χ4n) is 2.43. The number of halogens is 1. The van der Waals surface area contributed by atoms with Gasteiger partial charge < -0.3 is 20.9 Å². The number of nitrogens with two attached hydrogens (primary N) is 1. The van der Waals surface area contributed by atoms with Gasteiger partial charge >= 0.3 is 0 Å². The second-order valence-corrected chi connectivity index (χ2v) is 6.12. The number of rotatable bonds is 5. The first-order valence-corrected chi connectivity index (χ1v) is 8.38. The molecule has 0 saturated heterocycles. The van der Waals surface area contributed by atoms with Crippen LogP contribution in [-0.4, -0.2) is 39.7 Å². The van der Waals surface area contributed by atoms with E-state index >= 15 is 0 Å². The van der Waals surface area contributed by atoms with E-state index in [4.69, 9.17) is 17.3 Å². The molecule has 4 N–H and O–H groups in total. The van der Waals surface area contributed by atoms with E-state index in [0.29, 0.717) is 16.4 Å². The van der Waals surface area contributed by atoms with Gasteiger partial charge in [-0.25, -0.2) is 4.98 Å². The smallest absolute Gasteiger partial charge is 0.279 e. The molecule has 3 rings (SSSR count). The number of hydrogen-bond donors (Lipinski definition) is 3. The molecule has 2 heterocycles. The first-order valence-electron chi connectivity index (χ1n) is 8.00. The number of H-pyrrole nitrogens is 1. The maximum Gasteiger partial charge on any atom is 0.279 e. The van der Waals surface area contributed by atoms with Gasteiger partial charge in [0.25, 0.3) is 17.7 Å². The highest BCUT2D eigenvalue weighted by Crippen LogP contribution is 2.21. The van der Waals surface area contributed by atoms with Crippen LogP contribution < -0.4 is 16.0 Å². The van der Waals surface area contributed by atoms with E-state index in [1.165, 1.54) is 36.7 Å². The molecule has 0 aliphatic heterocycles. The summed E-state index contributed by atoms with van der Waals surface area (Å²) < 4.78 is 0. The van der Waals surface area contributed by atoms with E-state index in [0.717, 1.165) is 0 Å². The fraction of sp³-hybridized carbons (Fsp3) is 0.0556. The Balaban J connectivity index is 1.74. The quantitative estimate of drug-likeness (QED) is 0.604. The van der Waals surface area contributed by atoms with Crippen LogP contribution >= 0.6 is 11.6 Å². The summed E-state index contributed by atoms with van der Waals surface area (Å²) in [5.41, 5.74) is 6.38.